The van der Waals surface area contributed by atoms with Crippen LogP contribution in [0.2, 0.25) is 0 Å². The van der Waals surface area contributed by atoms with Gasteiger partial charge in [0.15, 0.2) is 18.9 Å². The number of amides is 4. The van der Waals surface area contributed by atoms with Crippen LogP contribution in [-0.4, -0.2) is 276 Å². The molecule has 0 radical (unpaired) electrons. The number of nitrogens with zero attached hydrogens (tertiary/aromatic N) is 1. The Morgan fingerprint density at radius 2 is 0.667 bits per heavy atom. The Morgan fingerprint density at radius 3 is 1.04 bits per heavy atom. The molecule has 111 heavy (non-hydrogen) atoms. The van der Waals surface area contributed by atoms with Crippen LogP contribution in [0.25, 0.3) is 0 Å². The van der Waals surface area contributed by atoms with Crippen LogP contribution in [0.1, 0.15) is 252 Å². The van der Waals surface area contributed by atoms with Gasteiger partial charge in [-0.1, -0.05) is 72.1 Å². The normalized spacial score (nSPS) is 25.4. The molecule has 4 rings (SSSR count). The van der Waals surface area contributed by atoms with Crippen LogP contribution in [0.5, 0.6) is 0 Å². The lowest BCUT2D eigenvalue weighted by molar-refractivity contribution is -0.282. The molecule has 32 heteroatoms. The van der Waals surface area contributed by atoms with E-state index in [1.54, 1.807) is 20.8 Å². The van der Waals surface area contributed by atoms with Crippen molar-refractivity contribution >= 4 is 58.5 Å². The number of hydrogen-bond acceptors (Lipinski definition) is 29. The molecule has 4 saturated heterocycles. The van der Waals surface area contributed by atoms with Crippen molar-refractivity contribution in [2.45, 2.75) is 326 Å². The molecule has 4 heterocycles. The second-order valence-corrected chi connectivity index (χ2v) is 30.5. The van der Waals surface area contributed by atoms with Crippen molar-refractivity contribution in [1.29, 1.82) is 0 Å². The predicted molar refractivity (Wildman–Crippen MR) is 399 cm³/mol. The van der Waals surface area contributed by atoms with Crippen LogP contribution in [0.3, 0.4) is 0 Å². The topological polar surface area (TPSA) is 472 Å². The first-order valence-corrected chi connectivity index (χ1v) is 41.0. The van der Waals surface area contributed by atoms with Crippen molar-refractivity contribution < 1.29 is 141 Å². The number of hydrogen-bond donors (Lipinski definition) is 11. The van der Waals surface area contributed by atoms with E-state index in [1.807, 2.05) is 0 Å². The van der Waals surface area contributed by atoms with Crippen LogP contribution >= 0.6 is 0 Å². The number of hydroxylamine groups is 2. The van der Waals surface area contributed by atoms with Crippen molar-refractivity contribution in [2.24, 2.45) is 23.2 Å². The fraction of sp³-hybridized carbons (Fsp3) is 0.873. The summed E-state index contributed by atoms with van der Waals surface area (Å²) >= 11 is 0. The van der Waals surface area contributed by atoms with Gasteiger partial charge in [0.1, 0.15) is 65.5 Å². The standard InChI is InChI=1S/C79H135N3O29/c1-54-70(96)73(99)62(48-83)108-76(54)105-41-21-18-29-57(86)25-13-10-15-27-59(88)36-44-102-51-79(47-61(90)31-12-8-6-4-5-7-9-17-33-69(95)111-82-67(93)34-35-68(82)94,52-103-45-37-60(89)28-16-11-14-26-58(87)30-19-22-42-106-77-55(2)71(97)74(100)63(49-84)109-77)53-104-46-38-66(92)81-40-24-39-80-65(91)32-20-23-43-107-78-56(3)72(98)75(101)64(50-85)110-78/h54-56,62-64,70-78,83-85,96-101H,4-53H2,1-3H3,(H,80,91)(H,81,92). The van der Waals surface area contributed by atoms with Gasteiger partial charge in [0.05, 0.1) is 77.8 Å². The Balaban J connectivity index is 1.26. The van der Waals surface area contributed by atoms with Crippen LogP contribution in [-0.2, 0) is 95.4 Å². The molecule has 11 N–H and O–H groups in total. The summed E-state index contributed by atoms with van der Waals surface area (Å²) < 4.78 is 52.7. The van der Waals surface area contributed by atoms with Gasteiger partial charge in [-0.2, -0.15) is 0 Å². The molecule has 4 aliphatic heterocycles. The number of imide groups is 1. The fourth-order valence-electron chi connectivity index (χ4n) is 13.6. The van der Waals surface area contributed by atoms with Crippen molar-refractivity contribution in [3.05, 3.63) is 0 Å². The lowest BCUT2D eigenvalue weighted by atomic mass is 9.83. The predicted octanol–water partition coefficient (Wildman–Crippen LogP) is 4.25. The summed E-state index contributed by atoms with van der Waals surface area (Å²) in [5.74, 6) is -3.71. The number of carbonyl (C=O) groups is 10. The van der Waals surface area contributed by atoms with Gasteiger partial charge >= 0.3 is 5.97 Å². The summed E-state index contributed by atoms with van der Waals surface area (Å²) in [4.78, 5) is 132. The number of aliphatic hydroxyl groups excluding tert-OH is 9. The minimum absolute atomic E-state index is 0.0234. The minimum Gasteiger partial charge on any atom is -0.394 e. The first-order chi connectivity index (χ1) is 53.3. The molecule has 0 bridgehead atoms. The second kappa shape index (κ2) is 57.3. The molecular formula is C79H135N3O29. The highest BCUT2D eigenvalue weighted by Gasteiger charge is 2.45. The molecule has 4 fully saturated rings. The van der Waals surface area contributed by atoms with Crippen molar-refractivity contribution in [3.63, 3.8) is 0 Å². The van der Waals surface area contributed by atoms with E-state index in [0.717, 1.165) is 38.5 Å². The smallest absolute Gasteiger partial charge is 0.333 e. The van der Waals surface area contributed by atoms with Crippen molar-refractivity contribution in [3.8, 4) is 0 Å². The van der Waals surface area contributed by atoms with Gasteiger partial charge in [-0.15, -0.1) is 5.06 Å². The third kappa shape index (κ3) is 39.6. The molecule has 4 aliphatic rings. The molecule has 0 spiro atoms. The van der Waals surface area contributed by atoms with Gasteiger partial charge in [-0.3, -0.25) is 43.2 Å². The Kier molecular flexibility index (Phi) is 50.8. The highest BCUT2D eigenvalue weighted by Crippen LogP contribution is 2.32. The van der Waals surface area contributed by atoms with E-state index >= 15 is 0 Å². The van der Waals surface area contributed by atoms with Gasteiger partial charge in [-0.05, 0) is 83.5 Å². The first kappa shape index (κ1) is 98.5. The molecule has 0 aromatic carbocycles. The minimum atomic E-state index is -1.23. The number of rotatable bonds is 66. The summed E-state index contributed by atoms with van der Waals surface area (Å²) in [7, 11) is 0. The zero-order valence-corrected chi connectivity index (χ0v) is 66.2. The van der Waals surface area contributed by atoms with Gasteiger partial charge < -0.3 is 104 Å². The highest BCUT2D eigenvalue weighted by atomic mass is 16.7. The third-order valence-corrected chi connectivity index (χ3v) is 20.8. The number of unbranched alkanes of at least 4 members (excludes halogenated alkanes) is 14. The summed E-state index contributed by atoms with van der Waals surface area (Å²) in [5.41, 5.74) is -1.10. The van der Waals surface area contributed by atoms with Gasteiger partial charge in [0.2, 0.25) is 11.8 Å². The van der Waals surface area contributed by atoms with E-state index in [1.165, 1.54) is 0 Å². The zero-order chi connectivity index (χ0) is 81.4. The van der Waals surface area contributed by atoms with E-state index in [2.05, 4.69) is 10.6 Å². The number of ether oxygens (including phenoxy) is 9. The maximum absolute atomic E-state index is 14.1. The Morgan fingerprint density at radius 1 is 0.369 bits per heavy atom. The maximum atomic E-state index is 14.1. The number of Topliss-reactive ketones (excluding diaryl/α,β-unsaturated/α-hetero) is 5. The molecule has 0 aliphatic carbocycles. The van der Waals surface area contributed by atoms with Gasteiger partial charge in [0.25, 0.3) is 11.8 Å². The van der Waals surface area contributed by atoms with Crippen molar-refractivity contribution in [2.75, 3.05) is 92.4 Å². The van der Waals surface area contributed by atoms with E-state index in [-0.39, 0.29) is 177 Å². The molecule has 15 unspecified atom stereocenters. The molecule has 0 aromatic rings. The van der Waals surface area contributed by atoms with Crippen LogP contribution in [0, 0.1) is 23.2 Å². The van der Waals surface area contributed by atoms with E-state index in [9.17, 15) is 93.9 Å². The largest absolute Gasteiger partial charge is 0.394 e. The van der Waals surface area contributed by atoms with Gasteiger partial charge in [-0.25, -0.2) is 4.79 Å². The van der Waals surface area contributed by atoms with E-state index < -0.39 is 135 Å². The Bertz CT molecular complexity index is 2460. The average molecular weight is 1590 g/mol. The van der Waals surface area contributed by atoms with Crippen molar-refractivity contribution in [1.82, 2.24) is 15.7 Å². The average Bonchev–Trinajstić information content (AvgIpc) is 1.47. The summed E-state index contributed by atoms with van der Waals surface area (Å²) in [6.07, 6.45) is 3.98. The number of aliphatic hydroxyl groups is 9. The molecule has 15 atom stereocenters. The molecule has 640 valence electrons. The SMILES string of the molecule is CC1C(OCCCCC(=O)CCCCCC(=O)CCOCC(COCCC(=O)CCCCCC(=O)CCCCOC2OC(CO)C(O)C(O)C2C)(COCCC(=O)NCCCNC(=O)CCCCOC2OC(CO)C(O)C(O)C2C)CC(=O)CCCCCCCCCCC(=O)ON2C(=O)CCC2=O)OC(CO)C(O)C1O. The van der Waals surface area contributed by atoms with E-state index in [4.69, 9.17) is 47.5 Å². The zero-order valence-electron chi connectivity index (χ0n) is 66.2. The number of carbonyl (C=O) groups excluding carboxylic acids is 10. The van der Waals surface area contributed by atoms with E-state index in [0.29, 0.717) is 134 Å². The third-order valence-electron chi connectivity index (χ3n) is 20.8. The fourth-order valence-corrected chi connectivity index (χ4v) is 13.6. The summed E-state index contributed by atoms with van der Waals surface area (Å²) in [5, 5.41) is 95.9. The molecule has 32 nitrogen and oxygen atoms in total. The first-order valence-electron chi connectivity index (χ1n) is 41.0. The molecular weight excluding hydrogens is 1450 g/mol. The summed E-state index contributed by atoms with van der Waals surface area (Å²) in [6.45, 7) is 4.80. The number of ketones is 5. The maximum Gasteiger partial charge on any atom is 0.333 e. The van der Waals surface area contributed by atoms with Crippen LogP contribution < -0.4 is 10.6 Å². The van der Waals surface area contributed by atoms with Crippen LogP contribution in [0.15, 0.2) is 0 Å². The lowest BCUT2D eigenvalue weighted by Gasteiger charge is -2.40. The highest BCUT2D eigenvalue weighted by molar-refractivity contribution is 6.01. The second-order valence-electron chi connectivity index (χ2n) is 30.5. The Labute approximate surface area is 654 Å². The lowest BCUT2D eigenvalue weighted by Crippen LogP contribution is -2.55. The molecule has 0 saturated carbocycles. The van der Waals surface area contributed by atoms with Gasteiger partial charge in [0, 0.05) is 152 Å². The quantitative estimate of drug-likeness (QED) is 0.0299. The summed E-state index contributed by atoms with van der Waals surface area (Å²) in [6, 6.07) is 0. The number of nitrogens with one attached hydrogen (secondary N) is 2. The molecule has 0 aromatic heterocycles. The monoisotopic (exact) mass is 1590 g/mol. The molecule has 4 amide bonds. The Hall–Kier alpha value is -4.82. The van der Waals surface area contributed by atoms with Crippen LogP contribution in [0.4, 0.5) is 0 Å².